The molecule has 2 aromatic rings. The fraction of sp³-hybridized carbons (Fsp3) is 0.300. The first-order valence-electron chi connectivity index (χ1n) is 8.45. The van der Waals surface area contributed by atoms with Crippen molar-refractivity contribution in [3.8, 4) is 11.5 Å². The first kappa shape index (κ1) is 20.8. The van der Waals surface area contributed by atoms with Crippen LogP contribution in [0.5, 0.6) is 11.5 Å². The Morgan fingerprint density at radius 2 is 1.93 bits per heavy atom. The van der Waals surface area contributed by atoms with Crippen molar-refractivity contribution in [1.29, 1.82) is 0 Å². The lowest BCUT2D eigenvalue weighted by Crippen LogP contribution is -2.30. The van der Waals surface area contributed by atoms with Crippen LogP contribution in [0.4, 0.5) is 0 Å². The second kappa shape index (κ2) is 9.41. The Morgan fingerprint density at radius 1 is 1.19 bits per heavy atom. The van der Waals surface area contributed by atoms with Crippen LogP contribution < -0.4 is 14.8 Å². The van der Waals surface area contributed by atoms with Gasteiger partial charge in [0.05, 0.1) is 26.2 Å². The Bertz CT molecular complexity index is 837. The number of ether oxygens (including phenoxy) is 2. The minimum atomic E-state index is -1.02. The van der Waals surface area contributed by atoms with Crippen molar-refractivity contribution in [2.75, 3.05) is 13.7 Å². The number of methoxy groups -OCH3 is 1. The average Bonchev–Trinajstić information content (AvgIpc) is 2.63. The number of carbonyl (C=O) groups excluding carboxylic acids is 1. The smallest absolute Gasteiger partial charge is 0.305 e. The number of nitrogens with one attached hydrogen (secondary N) is 1. The Hall–Kier alpha value is -2.54. The molecule has 0 unspecified atom stereocenters. The molecule has 6 nitrogen and oxygen atoms in total. The lowest BCUT2D eigenvalue weighted by atomic mass is 10.0. The third-order valence-corrected chi connectivity index (χ3v) is 4.86. The van der Waals surface area contributed by atoms with E-state index in [1.165, 1.54) is 7.11 Å². The summed E-state index contributed by atoms with van der Waals surface area (Å²) in [5, 5.41) is 12.1. The molecule has 2 N–H and O–H groups in total. The van der Waals surface area contributed by atoms with Gasteiger partial charge in [0.25, 0.3) is 5.91 Å². The Morgan fingerprint density at radius 3 is 2.52 bits per heavy atom. The van der Waals surface area contributed by atoms with Crippen LogP contribution in [0.2, 0.25) is 0 Å². The van der Waals surface area contributed by atoms with Crippen LogP contribution >= 0.6 is 15.9 Å². The van der Waals surface area contributed by atoms with E-state index in [0.717, 1.165) is 10.0 Å². The van der Waals surface area contributed by atoms with E-state index < -0.39 is 12.0 Å². The summed E-state index contributed by atoms with van der Waals surface area (Å²) in [6.45, 7) is 4.26. The number of aliphatic carboxylic acids is 1. The third kappa shape index (κ3) is 5.47. The molecule has 27 heavy (non-hydrogen) atoms. The standard InChI is InChI=1S/C20H22BrNO5/c1-4-27-17-8-7-13(10-18(17)26-3)16(11-19(23)24)22-20(25)14-6-5-12(2)15(21)9-14/h5-10,16H,4,11H2,1-3H3,(H,22,25)(H,23,24)/t16-/m0/s1. The summed E-state index contributed by atoms with van der Waals surface area (Å²) in [4.78, 5) is 23.9. The molecule has 0 radical (unpaired) electrons. The number of carbonyl (C=O) groups is 2. The van der Waals surface area contributed by atoms with Gasteiger partial charge in [0.1, 0.15) is 0 Å². The van der Waals surface area contributed by atoms with E-state index in [2.05, 4.69) is 21.2 Å². The maximum Gasteiger partial charge on any atom is 0.305 e. The Balaban J connectivity index is 2.30. The highest BCUT2D eigenvalue weighted by Gasteiger charge is 2.21. The van der Waals surface area contributed by atoms with Gasteiger partial charge in [0.15, 0.2) is 11.5 Å². The second-order valence-corrected chi connectivity index (χ2v) is 6.79. The minimum Gasteiger partial charge on any atom is -0.493 e. The van der Waals surface area contributed by atoms with Gasteiger partial charge in [0, 0.05) is 10.0 Å². The Kier molecular flexibility index (Phi) is 7.24. The summed E-state index contributed by atoms with van der Waals surface area (Å²) in [6, 6.07) is 9.65. The van der Waals surface area contributed by atoms with E-state index >= 15 is 0 Å². The molecule has 144 valence electrons. The van der Waals surface area contributed by atoms with E-state index in [-0.39, 0.29) is 12.3 Å². The van der Waals surface area contributed by atoms with Crippen molar-refractivity contribution in [2.45, 2.75) is 26.3 Å². The van der Waals surface area contributed by atoms with Gasteiger partial charge in [-0.25, -0.2) is 0 Å². The molecule has 0 aliphatic rings. The van der Waals surface area contributed by atoms with Crippen LogP contribution in [-0.2, 0) is 4.79 Å². The molecular weight excluding hydrogens is 414 g/mol. The molecule has 1 atom stereocenters. The molecule has 0 heterocycles. The van der Waals surface area contributed by atoms with Gasteiger partial charge in [0.2, 0.25) is 0 Å². The molecule has 2 aromatic carbocycles. The zero-order chi connectivity index (χ0) is 20.0. The number of carboxylic acid groups (broad SMARTS) is 1. The number of amides is 1. The molecule has 1 amide bonds. The van der Waals surface area contributed by atoms with E-state index in [1.54, 1.807) is 30.3 Å². The van der Waals surface area contributed by atoms with Crippen molar-refractivity contribution in [3.63, 3.8) is 0 Å². The fourth-order valence-electron chi connectivity index (χ4n) is 2.58. The molecule has 0 saturated heterocycles. The predicted molar refractivity (Wildman–Crippen MR) is 106 cm³/mol. The summed E-state index contributed by atoms with van der Waals surface area (Å²) < 4.78 is 11.6. The predicted octanol–water partition coefficient (Wildman–Crippen LogP) is 4.11. The van der Waals surface area contributed by atoms with Crippen molar-refractivity contribution < 1.29 is 24.2 Å². The minimum absolute atomic E-state index is 0.254. The summed E-state index contributed by atoms with van der Waals surface area (Å²) >= 11 is 3.40. The van der Waals surface area contributed by atoms with Crippen molar-refractivity contribution in [3.05, 3.63) is 57.6 Å². The zero-order valence-electron chi connectivity index (χ0n) is 15.4. The van der Waals surface area contributed by atoms with Crippen LogP contribution in [0, 0.1) is 6.92 Å². The molecule has 0 aliphatic carbocycles. The van der Waals surface area contributed by atoms with E-state index in [4.69, 9.17) is 9.47 Å². The van der Waals surface area contributed by atoms with E-state index in [9.17, 15) is 14.7 Å². The molecule has 0 spiro atoms. The monoisotopic (exact) mass is 435 g/mol. The highest BCUT2D eigenvalue weighted by molar-refractivity contribution is 9.10. The summed E-state index contributed by atoms with van der Waals surface area (Å²) in [5.74, 6) is -0.322. The van der Waals surface area contributed by atoms with Crippen molar-refractivity contribution in [2.24, 2.45) is 0 Å². The van der Waals surface area contributed by atoms with Gasteiger partial charge in [-0.1, -0.05) is 28.1 Å². The number of benzene rings is 2. The van der Waals surface area contributed by atoms with E-state index in [0.29, 0.717) is 29.2 Å². The number of hydrogen-bond donors (Lipinski definition) is 2. The summed E-state index contributed by atoms with van der Waals surface area (Å²) in [5.41, 5.74) is 2.07. The topological polar surface area (TPSA) is 84.9 Å². The molecule has 0 fully saturated rings. The quantitative estimate of drug-likeness (QED) is 0.651. The van der Waals surface area contributed by atoms with Gasteiger partial charge in [-0.2, -0.15) is 0 Å². The van der Waals surface area contributed by atoms with Gasteiger partial charge >= 0.3 is 5.97 Å². The average molecular weight is 436 g/mol. The molecule has 0 saturated carbocycles. The van der Waals surface area contributed by atoms with Gasteiger partial charge in [-0.05, 0) is 49.2 Å². The van der Waals surface area contributed by atoms with Crippen molar-refractivity contribution in [1.82, 2.24) is 5.32 Å². The molecule has 0 aromatic heterocycles. The second-order valence-electron chi connectivity index (χ2n) is 5.93. The number of rotatable bonds is 8. The number of halogens is 1. The highest BCUT2D eigenvalue weighted by atomic mass is 79.9. The molecular formula is C20H22BrNO5. The van der Waals surface area contributed by atoms with Crippen LogP contribution in [0.15, 0.2) is 40.9 Å². The van der Waals surface area contributed by atoms with Gasteiger partial charge in [-0.3, -0.25) is 9.59 Å². The number of carboxylic acids is 1. The lowest BCUT2D eigenvalue weighted by Gasteiger charge is -2.19. The largest absolute Gasteiger partial charge is 0.493 e. The SMILES string of the molecule is CCOc1ccc([C@H](CC(=O)O)NC(=O)c2ccc(C)c(Br)c2)cc1OC. The fourth-order valence-corrected chi connectivity index (χ4v) is 2.96. The summed E-state index contributed by atoms with van der Waals surface area (Å²) in [6.07, 6.45) is -0.254. The van der Waals surface area contributed by atoms with Crippen molar-refractivity contribution >= 4 is 27.8 Å². The maximum absolute atomic E-state index is 12.6. The van der Waals surface area contributed by atoms with E-state index in [1.807, 2.05) is 19.9 Å². The molecule has 2 rings (SSSR count). The lowest BCUT2D eigenvalue weighted by molar-refractivity contribution is -0.137. The Labute approximate surface area is 166 Å². The molecule has 7 heteroatoms. The first-order valence-corrected chi connectivity index (χ1v) is 9.24. The number of aryl methyl sites for hydroxylation is 1. The summed E-state index contributed by atoms with van der Waals surface area (Å²) in [7, 11) is 1.51. The van der Waals surface area contributed by atoms with Crippen LogP contribution in [0.25, 0.3) is 0 Å². The first-order chi connectivity index (χ1) is 12.8. The van der Waals surface area contributed by atoms with Crippen LogP contribution in [0.1, 0.15) is 40.9 Å². The van der Waals surface area contributed by atoms with Crippen LogP contribution in [0.3, 0.4) is 0 Å². The molecule has 0 aliphatic heterocycles. The van der Waals surface area contributed by atoms with Gasteiger partial charge < -0.3 is 19.9 Å². The van der Waals surface area contributed by atoms with Gasteiger partial charge in [-0.15, -0.1) is 0 Å². The third-order valence-electron chi connectivity index (χ3n) is 4.01. The van der Waals surface area contributed by atoms with Crippen LogP contribution in [-0.4, -0.2) is 30.7 Å². The highest BCUT2D eigenvalue weighted by Crippen LogP contribution is 2.31. The number of hydrogen-bond acceptors (Lipinski definition) is 4. The normalized spacial score (nSPS) is 11.6. The zero-order valence-corrected chi connectivity index (χ0v) is 17.0. The maximum atomic E-state index is 12.6. The molecule has 0 bridgehead atoms.